The second kappa shape index (κ2) is 6.99. The summed E-state index contributed by atoms with van der Waals surface area (Å²) in [6.45, 7) is 4.49. The molecule has 3 nitrogen and oxygen atoms in total. The van der Waals surface area contributed by atoms with Crippen LogP contribution in [0.1, 0.15) is 13.8 Å². The van der Waals surface area contributed by atoms with E-state index in [1.54, 1.807) is 0 Å². The molecular formula is C6H21N3Si2. The Labute approximate surface area is 73.5 Å². The fraction of sp³-hybridized carbons (Fsp3) is 1.00. The Kier molecular flexibility index (Phi) is 7.19. The Bertz CT molecular complexity index is 73.9. The van der Waals surface area contributed by atoms with Crippen molar-refractivity contribution in [1.82, 2.24) is 14.6 Å². The van der Waals surface area contributed by atoms with Gasteiger partial charge in [0.05, 0.1) is 0 Å². The van der Waals surface area contributed by atoms with E-state index in [0.717, 1.165) is 0 Å². The van der Waals surface area contributed by atoms with Crippen molar-refractivity contribution in [3.63, 3.8) is 0 Å². The highest BCUT2D eigenvalue weighted by atomic mass is 28.4. The fourth-order valence-electron chi connectivity index (χ4n) is 1.05. The first-order chi connectivity index (χ1) is 5.28. The van der Waals surface area contributed by atoms with Crippen LogP contribution in [-0.4, -0.2) is 32.3 Å². The molecule has 0 bridgehead atoms. The van der Waals surface area contributed by atoms with Crippen molar-refractivity contribution in [2.45, 2.75) is 25.9 Å². The summed E-state index contributed by atoms with van der Waals surface area (Å²) in [5.41, 5.74) is 0. The van der Waals surface area contributed by atoms with Crippen molar-refractivity contribution in [2.75, 3.05) is 14.1 Å². The van der Waals surface area contributed by atoms with Gasteiger partial charge in [0.2, 0.25) is 0 Å². The number of nitrogens with one attached hydrogen (secondary N) is 3. The first-order valence-corrected chi connectivity index (χ1v) is 8.33. The van der Waals surface area contributed by atoms with Gasteiger partial charge in [-0.2, -0.15) is 0 Å². The van der Waals surface area contributed by atoms with Gasteiger partial charge in [-0.25, -0.2) is 0 Å². The molecule has 0 aromatic heterocycles. The lowest BCUT2D eigenvalue weighted by Crippen LogP contribution is -2.57. The summed E-state index contributed by atoms with van der Waals surface area (Å²) in [5.74, 6) is 0. The van der Waals surface area contributed by atoms with E-state index in [1.165, 1.54) is 12.1 Å². The van der Waals surface area contributed by atoms with E-state index < -0.39 is 18.2 Å². The molecule has 0 aromatic rings. The van der Waals surface area contributed by atoms with Crippen LogP contribution in [-0.2, 0) is 0 Å². The fourth-order valence-corrected chi connectivity index (χ4v) is 7.03. The zero-order chi connectivity index (χ0) is 8.69. The summed E-state index contributed by atoms with van der Waals surface area (Å²) in [6, 6.07) is 2.56. The van der Waals surface area contributed by atoms with Crippen LogP contribution in [0, 0.1) is 0 Å². The van der Waals surface area contributed by atoms with Crippen LogP contribution in [0.15, 0.2) is 0 Å². The lowest BCUT2D eigenvalue weighted by atomic mass is 11.0. The summed E-state index contributed by atoms with van der Waals surface area (Å²) in [6.07, 6.45) is 0. The van der Waals surface area contributed by atoms with Gasteiger partial charge in [0, 0.05) is 0 Å². The zero-order valence-electron chi connectivity index (χ0n) is 8.07. The topological polar surface area (TPSA) is 36.1 Å². The predicted octanol–water partition coefficient (Wildman–Crippen LogP) is -0.504. The van der Waals surface area contributed by atoms with Crippen LogP contribution >= 0.6 is 0 Å². The molecule has 0 rings (SSSR count). The standard InChI is InChI=1S/C6H21N3Si2/c1-5-10(7-3)9-11(6-2)8-4/h7-11H,5-6H2,1-4H3. The molecule has 2 atom stereocenters. The van der Waals surface area contributed by atoms with Crippen LogP contribution in [0.2, 0.25) is 12.1 Å². The van der Waals surface area contributed by atoms with Crippen molar-refractivity contribution in [2.24, 2.45) is 0 Å². The van der Waals surface area contributed by atoms with Crippen LogP contribution < -0.4 is 14.6 Å². The van der Waals surface area contributed by atoms with Gasteiger partial charge < -0.3 is 14.6 Å². The first kappa shape index (κ1) is 11.3. The molecule has 5 heteroatoms. The second-order valence-electron chi connectivity index (χ2n) is 2.67. The molecule has 0 radical (unpaired) electrons. The van der Waals surface area contributed by atoms with E-state index >= 15 is 0 Å². The van der Waals surface area contributed by atoms with Crippen molar-refractivity contribution >= 4 is 18.2 Å². The molecule has 0 aliphatic carbocycles. The molecule has 11 heavy (non-hydrogen) atoms. The monoisotopic (exact) mass is 191 g/mol. The first-order valence-electron chi connectivity index (χ1n) is 4.39. The Balaban J connectivity index is 3.58. The molecule has 3 N–H and O–H groups in total. The number of hydrogen-bond acceptors (Lipinski definition) is 3. The third-order valence-electron chi connectivity index (χ3n) is 1.92. The average Bonchev–Trinajstić information content (AvgIpc) is 2.07. The molecule has 0 aliphatic rings. The Morgan fingerprint density at radius 2 is 1.27 bits per heavy atom. The van der Waals surface area contributed by atoms with E-state index in [4.69, 9.17) is 0 Å². The summed E-state index contributed by atoms with van der Waals surface area (Å²) < 4.78 is 3.71. The number of rotatable bonds is 6. The molecule has 0 saturated heterocycles. The van der Waals surface area contributed by atoms with E-state index in [1.807, 2.05) is 0 Å². The van der Waals surface area contributed by atoms with Gasteiger partial charge in [0.25, 0.3) is 0 Å². The van der Waals surface area contributed by atoms with Crippen LogP contribution in [0.4, 0.5) is 0 Å². The zero-order valence-corrected chi connectivity index (χ0v) is 10.4. The largest absolute Gasteiger partial charge is 0.340 e. The third kappa shape index (κ3) is 4.70. The van der Waals surface area contributed by atoms with Gasteiger partial charge in [-0.1, -0.05) is 13.8 Å². The van der Waals surface area contributed by atoms with Crippen molar-refractivity contribution in [3.8, 4) is 0 Å². The molecule has 2 unspecified atom stereocenters. The smallest absolute Gasteiger partial charge is 0.178 e. The van der Waals surface area contributed by atoms with Gasteiger partial charge in [0.1, 0.15) is 0 Å². The molecular weight excluding hydrogens is 170 g/mol. The number of hydrogen-bond donors (Lipinski definition) is 3. The highest BCUT2D eigenvalue weighted by Crippen LogP contribution is 1.85. The Morgan fingerprint density at radius 1 is 0.909 bits per heavy atom. The van der Waals surface area contributed by atoms with Crippen molar-refractivity contribution < 1.29 is 0 Å². The molecule has 0 amide bonds. The summed E-state index contributed by atoms with van der Waals surface area (Å²) in [5, 5.41) is 0. The minimum atomic E-state index is -0.786. The third-order valence-corrected chi connectivity index (χ3v) is 8.16. The van der Waals surface area contributed by atoms with Gasteiger partial charge >= 0.3 is 0 Å². The van der Waals surface area contributed by atoms with Gasteiger partial charge in [-0.3, -0.25) is 0 Å². The van der Waals surface area contributed by atoms with E-state index in [0.29, 0.717) is 0 Å². The molecule has 0 aliphatic heterocycles. The maximum atomic E-state index is 3.71. The highest BCUT2D eigenvalue weighted by Gasteiger charge is 2.11. The Hall–Kier alpha value is 0.314. The van der Waals surface area contributed by atoms with E-state index in [2.05, 4.69) is 42.6 Å². The molecule has 0 aromatic carbocycles. The summed E-state index contributed by atoms with van der Waals surface area (Å²) >= 11 is 0. The van der Waals surface area contributed by atoms with Crippen LogP contribution in [0.25, 0.3) is 0 Å². The van der Waals surface area contributed by atoms with Gasteiger partial charge in [-0.15, -0.1) is 0 Å². The maximum Gasteiger partial charge on any atom is 0.178 e. The summed E-state index contributed by atoms with van der Waals surface area (Å²) in [4.78, 5) is 6.75. The minimum absolute atomic E-state index is 0.786. The average molecular weight is 191 g/mol. The van der Waals surface area contributed by atoms with E-state index in [9.17, 15) is 0 Å². The molecule has 0 saturated carbocycles. The SMILES string of the molecule is CC[SiH](NC)N[SiH](CC)NC. The maximum absolute atomic E-state index is 3.71. The normalized spacial score (nSPS) is 16.4. The van der Waals surface area contributed by atoms with Crippen LogP contribution in [0.3, 0.4) is 0 Å². The van der Waals surface area contributed by atoms with Gasteiger partial charge in [0.15, 0.2) is 18.2 Å². The predicted molar refractivity (Wildman–Crippen MR) is 56.5 cm³/mol. The molecule has 0 fully saturated rings. The van der Waals surface area contributed by atoms with Crippen molar-refractivity contribution in [3.05, 3.63) is 0 Å². The molecule has 0 spiro atoms. The minimum Gasteiger partial charge on any atom is -0.340 e. The lowest BCUT2D eigenvalue weighted by Gasteiger charge is -2.20. The van der Waals surface area contributed by atoms with Crippen LogP contribution in [0.5, 0.6) is 0 Å². The van der Waals surface area contributed by atoms with Gasteiger partial charge in [-0.05, 0) is 26.2 Å². The quantitative estimate of drug-likeness (QED) is 0.495. The Morgan fingerprint density at radius 3 is 1.45 bits per heavy atom. The summed E-state index contributed by atoms with van der Waals surface area (Å²) in [7, 11) is 2.55. The highest BCUT2D eigenvalue weighted by molar-refractivity contribution is 6.70. The van der Waals surface area contributed by atoms with E-state index in [-0.39, 0.29) is 0 Å². The molecule has 0 heterocycles. The lowest BCUT2D eigenvalue weighted by molar-refractivity contribution is 1.05. The van der Waals surface area contributed by atoms with Crippen molar-refractivity contribution in [1.29, 1.82) is 0 Å². The second-order valence-corrected chi connectivity index (χ2v) is 9.00. The molecule has 68 valence electrons.